The van der Waals surface area contributed by atoms with E-state index < -0.39 is 41.4 Å². The second-order valence-electron chi connectivity index (χ2n) is 7.12. The average molecular weight is 458 g/mol. The van der Waals surface area contributed by atoms with E-state index in [4.69, 9.17) is 16.3 Å². The molecule has 4 rings (SSSR count). The lowest BCUT2D eigenvalue weighted by molar-refractivity contribution is -0.174. The fraction of sp³-hybridized carbons (Fsp3) is 0.300. The van der Waals surface area contributed by atoms with Crippen LogP contribution in [0.25, 0.3) is 0 Å². The minimum atomic E-state index is -5.11. The lowest BCUT2D eigenvalue weighted by Crippen LogP contribution is -2.52. The van der Waals surface area contributed by atoms with E-state index in [0.29, 0.717) is 6.42 Å². The van der Waals surface area contributed by atoms with Crippen molar-refractivity contribution in [2.75, 3.05) is 11.4 Å². The number of anilines is 1. The molecule has 2 atom stereocenters. The maximum atomic E-state index is 14.6. The first kappa shape index (κ1) is 21.2. The number of hydrogen-bond acceptors (Lipinski definition) is 4. The molecule has 11 heteroatoms. The number of nitrogens with zero attached hydrogens (tertiary/aromatic N) is 2. The van der Waals surface area contributed by atoms with E-state index >= 15 is 0 Å². The van der Waals surface area contributed by atoms with Crippen LogP contribution in [0.5, 0.6) is 11.5 Å². The van der Waals surface area contributed by atoms with E-state index in [0.717, 1.165) is 12.1 Å². The van der Waals surface area contributed by atoms with E-state index in [2.05, 4.69) is 0 Å². The normalized spacial score (nSPS) is 19.8. The number of hydrogen-bond donors (Lipinski definition) is 1. The Balaban J connectivity index is 1.93. The van der Waals surface area contributed by atoms with Crippen molar-refractivity contribution in [3.8, 4) is 17.6 Å². The number of para-hydroxylation sites is 1. The van der Waals surface area contributed by atoms with Gasteiger partial charge in [0.25, 0.3) is 0 Å². The van der Waals surface area contributed by atoms with Gasteiger partial charge < -0.3 is 15.0 Å². The zero-order chi connectivity index (χ0) is 22.5. The van der Waals surface area contributed by atoms with Crippen LogP contribution in [0.4, 0.5) is 27.6 Å². The van der Waals surface area contributed by atoms with Crippen molar-refractivity contribution in [3.63, 3.8) is 0 Å². The van der Waals surface area contributed by atoms with E-state index in [1.165, 1.54) is 17.0 Å². The molecule has 2 aromatic rings. The van der Waals surface area contributed by atoms with Crippen LogP contribution in [0.2, 0.25) is 5.02 Å². The molecule has 0 bridgehead atoms. The van der Waals surface area contributed by atoms with E-state index in [-0.39, 0.29) is 40.7 Å². The van der Waals surface area contributed by atoms with E-state index in [9.17, 15) is 32.0 Å². The Bertz CT molecular complexity index is 1120. The number of rotatable bonds is 1. The molecule has 0 radical (unpaired) electrons. The number of ether oxygens (including phenoxy) is 1. The van der Waals surface area contributed by atoms with Crippen molar-refractivity contribution in [1.82, 2.24) is 5.32 Å². The molecule has 0 spiro atoms. The molecule has 0 aromatic heterocycles. The highest BCUT2D eigenvalue weighted by molar-refractivity contribution is 6.35. The molecule has 2 aromatic carbocycles. The lowest BCUT2D eigenvalue weighted by Gasteiger charge is -2.42. The van der Waals surface area contributed by atoms with Crippen molar-refractivity contribution < 1.29 is 31.5 Å². The van der Waals surface area contributed by atoms with Gasteiger partial charge in [-0.05, 0) is 18.9 Å². The number of carbonyl (C=O) groups excluding carboxylic acids is 1. The van der Waals surface area contributed by atoms with Gasteiger partial charge in [0.1, 0.15) is 23.1 Å². The van der Waals surface area contributed by atoms with Crippen molar-refractivity contribution in [1.29, 1.82) is 5.26 Å². The molecule has 1 N–H and O–H groups in total. The Morgan fingerprint density at radius 3 is 2.71 bits per heavy atom. The van der Waals surface area contributed by atoms with Gasteiger partial charge in [0.2, 0.25) is 0 Å². The summed E-state index contributed by atoms with van der Waals surface area (Å²) < 4.78 is 73.3. The number of piperidine rings is 1. The van der Waals surface area contributed by atoms with Crippen molar-refractivity contribution in [2.45, 2.75) is 31.1 Å². The number of halogens is 6. The average Bonchev–Trinajstić information content (AvgIpc) is 2.83. The fourth-order valence-corrected chi connectivity index (χ4v) is 4.38. The van der Waals surface area contributed by atoms with Crippen LogP contribution in [0.15, 0.2) is 24.3 Å². The van der Waals surface area contributed by atoms with Crippen molar-refractivity contribution in [2.24, 2.45) is 0 Å². The lowest BCUT2D eigenvalue weighted by atomic mass is 9.89. The molecular weight excluding hydrogens is 445 g/mol. The maximum absolute atomic E-state index is 14.6. The quantitative estimate of drug-likeness (QED) is 0.613. The number of benzene rings is 2. The highest BCUT2D eigenvalue weighted by Gasteiger charge is 2.45. The Hall–Kier alpha value is -3.06. The Morgan fingerprint density at radius 1 is 1.29 bits per heavy atom. The van der Waals surface area contributed by atoms with Crippen LogP contribution in [-0.4, -0.2) is 24.7 Å². The van der Waals surface area contributed by atoms with Gasteiger partial charge >= 0.3 is 12.1 Å². The van der Waals surface area contributed by atoms with Crippen LogP contribution >= 0.6 is 11.6 Å². The van der Waals surface area contributed by atoms with Crippen LogP contribution in [-0.2, 0) is 4.79 Å². The highest BCUT2D eigenvalue weighted by Crippen LogP contribution is 2.52. The number of amides is 1. The molecule has 162 valence electrons. The molecule has 1 fully saturated rings. The van der Waals surface area contributed by atoms with Crippen molar-refractivity contribution >= 4 is 23.2 Å². The monoisotopic (exact) mass is 457 g/mol. The summed E-state index contributed by atoms with van der Waals surface area (Å²) in [6, 6.07) is 4.34. The molecule has 1 saturated heterocycles. The molecule has 31 heavy (non-hydrogen) atoms. The van der Waals surface area contributed by atoms with Crippen LogP contribution < -0.4 is 15.0 Å². The summed E-state index contributed by atoms with van der Waals surface area (Å²) in [6.07, 6.45) is -4.60. The molecule has 2 heterocycles. The van der Waals surface area contributed by atoms with Gasteiger partial charge in [0.05, 0.1) is 17.1 Å². The first-order valence-corrected chi connectivity index (χ1v) is 9.54. The van der Waals surface area contributed by atoms with Gasteiger partial charge in [0, 0.05) is 18.2 Å². The molecule has 5 nitrogen and oxygen atoms in total. The van der Waals surface area contributed by atoms with E-state index in [1.54, 1.807) is 6.07 Å². The summed E-state index contributed by atoms with van der Waals surface area (Å²) in [4.78, 5) is 13.2. The topological polar surface area (TPSA) is 65.4 Å². The summed E-state index contributed by atoms with van der Waals surface area (Å²) in [5.41, 5.74) is -0.264. The molecule has 2 aliphatic rings. The maximum Gasteiger partial charge on any atom is 0.471 e. The van der Waals surface area contributed by atoms with Gasteiger partial charge in [-0.2, -0.15) is 18.4 Å². The first-order valence-electron chi connectivity index (χ1n) is 9.16. The Kier molecular flexibility index (Phi) is 5.17. The zero-order valence-electron chi connectivity index (χ0n) is 15.6. The summed E-state index contributed by atoms with van der Waals surface area (Å²) in [5, 5.41) is 10.9. The predicted octanol–water partition coefficient (Wildman–Crippen LogP) is 4.98. The number of nitriles is 1. The van der Waals surface area contributed by atoms with Gasteiger partial charge in [0.15, 0.2) is 17.3 Å². The third-order valence-corrected chi connectivity index (χ3v) is 5.66. The molecular formula is C20H13ClF5N3O2. The number of fused-ring (bicyclic) bond motifs is 5. The smallest absolute Gasteiger partial charge is 0.452 e. The third-order valence-electron chi connectivity index (χ3n) is 5.29. The number of nitrogens with one attached hydrogen (secondary N) is 1. The Morgan fingerprint density at radius 2 is 2.03 bits per heavy atom. The summed E-state index contributed by atoms with van der Waals surface area (Å²) in [5.74, 6) is -4.44. The molecule has 2 aliphatic heterocycles. The molecule has 0 unspecified atom stereocenters. The zero-order valence-corrected chi connectivity index (χ0v) is 16.3. The molecule has 1 amide bonds. The summed E-state index contributed by atoms with van der Waals surface area (Å²) in [7, 11) is 0. The second-order valence-corrected chi connectivity index (χ2v) is 7.50. The largest absolute Gasteiger partial charge is 0.471 e. The fourth-order valence-electron chi connectivity index (χ4n) is 4.04. The van der Waals surface area contributed by atoms with Gasteiger partial charge in [-0.3, -0.25) is 4.79 Å². The van der Waals surface area contributed by atoms with Crippen molar-refractivity contribution in [3.05, 3.63) is 52.0 Å². The number of alkyl halides is 3. The van der Waals surface area contributed by atoms with Gasteiger partial charge in [-0.25, -0.2) is 8.78 Å². The van der Waals surface area contributed by atoms with Gasteiger partial charge in [-0.1, -0.05) is 23.7 Å². The molecule has 0 saturated carbocycles. The predicted molar refractivity (Wildman–Crippen MR) is 99.9 cm³/mol. The first-order chi connectivity index (χ1) is 14.6. The summed E-state index contributed by atoms with van der Waals surface area (Å²) >= 11 is 6.29. The summed E-state index contributed by atoms with van der Waals surface area (Å²) in [6.45, 7) is 0.242. The Labute approximate surface area is 178 Å². The molecule has 0 aliphatic carbocycles. The second kappa shape index (κ2) is 7.57. The highest BCUT2D eigenvalue weighted by atomic mass is 35.5. The third kappa shape index (κ3) is 3.53. The minimum Gasteiger partial charge on any atom is -0.452 e. The van der Waals surface area contributed by atoms with Crippen LogP contribution in [0, 0.1) is 23.0 Å². The number of carbonyl (C=O) groups is 1. The van der Waals surface area contributed by atoms with Crippen LogP contribution in [0.1, 0.15) is 30.0 Å². The van der Waals surface area contributed by atoms with E-state index in [1.807, 2.05) is 5.32 Å². The minimum absolute atomic E-state index is 0.0474. The SMILES string of the molecule is N#Cc1c(F)cc2c(c1Cl)N1CCC[C@@H](NC(=O)C(F)(F)F)[C@H]1c1cccc(F)c1O2. The van der Waals surface area contributed by atoms with Crippen LogP contribution in [0.3, 0.4) is 0 Å². The standard InChI is InChI=1S/C20H13ClF5N3O2/c21-15-10(8-27)12(23)7-14-17(15)29-6-2-5-13(28-19(30)20(24,25)26)16(29)9-3-1-4-11(22)18(9)31-14/h1,3-4,7,13,16H,2,5-6H2,(H,28,30)/t13-,16-/m1/s1. The van der Waals surface area contributed by atoms with Gasteiger partial charge in [-0.15, -0.1) is 0 Å².